The number of anilines is 2. The average molecular weight is 752 g/mol. The maximum atomic E-state index is 12.9. The molecule has 9 heteroatoms. The van der Waals surface area contributed by atoms with Crippen LogP contribution in [-0.2, 0) is 19.4 Å². The van der Waals surface area contributed by atoms with E-state index in [0.717, 1.165) is 51.5 Å². The van der Waals surface area contributed by atoms with E-state index in [4.69, 9.17) is 5.11 Å². The molecule has 2 N–H and O–H groups in total. The fraction of sp³-hybridized carbons (Fsp3) is 0.310. The molecule has 3 aromatic heterocycles. The van der Waals surface area contributed by atoms with Crippen molar-refractivity contribution in [3.05, 3.63) is 89.2 Å². The zero-order chi connectivity index (χ0) is 25.9. The Morgan fingerprint density at radius 3 is 2.87 bits per heavy atom. The van der Waals surface area contributed by atoms with Crippen molar-refractivity contribution in [1.82, 2.24) is 19.7 Å². The Morgan fingerprint density at radius 2 is 2.13 bits per heavy atom. The smallest absolute Gasteiger partial charge is 0.394 e. The number of nitrogens with zero attached hydrogens (tertiary/aromatic N) is 4. The van der Waals surface area contributed by atoms with Gasteiger partial charge in [-0.3, -0.25) is 9.48 Å². The van der Waals surface area contributed by atoms with E-state index in [1.807, 2.05) is 18.3 Å². The number of hydrogen-bond donors (Lipinski definition) is 2. The second-order valence-electron chi connectivity index (χ2n) is 9.56. The molecule has 0 bridgehead atoms. The van der Waals surface area contributed by atoms with E-state index in [9.17, 15) is 4.79 Å². The fourth-order valence-electron chi connectivity index (χ4n) is 4.71. The number of aliphatic hydroxyl groups excluding tert-OH is 1. The first kappa shape index (κ1) is 28.6. The summed E-state index contributed by atoms with van der Waals surface area (Å²) >= 11 is 1.56. The molecule has 0 saturated heterocycles. The molecule has 1 unspecified atom stereocenters. The minimum absolute atomic E-state index is 0. The first-order valence-corrected chi connectivity index (χ1v) is 13.4. The number of ketones is 1. The van der Waals surface area contributed by atoms with Gasteiger partial charge in [0.15, 0.2) is 5.78 Å². The van der Waals surface area contributed by atoms with Crippen molar-refractivity contribution in [2.24, 2.45) is 11.8 Å². The summed E-state index contributed by atoms with van der Waals surface area (Å²) in [5.74, 6) is 1.38. The van der Waals surface area contributed by atoms with Crippen molar-refractivity contribution in [2.45, 2.75) is 39.2 Å². The molecule has 4 aromatic rings. The molecule has 1 aromatic carbocycles. The Hall–Kier alpha value is -2.44. The van der Waals surface area contributed by atoms with Crippen LogP contribution in [0, 0.1) is 63.7 Å². The van der Waals surface area contributed by atoms with Crippen molar-refractivity contribution >= 4 is 28.8 Å². The standard InChI is InChI=1S/C29H31N5O2S.U/c1-4-26-19(3)14-27(37-26)28(36)24-15-21(24)7-5-20-6-8-22(13-18(20)2)25-9-10-30-29(33-25)32-23-16-31-34(17-23)11-12-35;/h6,8-10,13-14,16-17,21,24,35H,1,3-5,7,11-12,15H2,2H3,(H,30,32,33);/q-2;+2/t21-,24?;/m0./s1. The number of carbonyl (C=O) groups is 1. The van der Waals surface area contributed by atoms with E-state index in [1.165, 1.54) is 11.1 Å². The summed E-state index contributed by atoms with van der Waals surface area (Å²) in [6.45, 7) is 10.6. The summed E-state index contributed by atoms with van der Waals surface area (Å²) in [4.78, 5) is 23.8. The number of carbonyl (C=O) groups excluding carboxylic acids is 1. The monoisotopic (exact) mass is 751 g/mol. The molecular weight excluding hydrogens is 720 g/mol. The van der Waals surface area contributed by atoms with Gasteiger partial charge in [-0.2, -0.15) is 24.0 Å². The molecule has 38 heavy (non-hydrogen) atoms. The Morgan fingerprint density at radius 1 is 1.29 bits per heavy atom. The summed E-state index contributed by atoms with van der Waals surface area (Å²) in [6.07, 6.45) is 8.88. The van der Waals surface area contributed by atoms with Crippen molar-refractivity contribution in [3.8, 4) is 11.3 Å². The quantitative estimate of drug-likeness (QED) is 0.157. The van der Waals surface area contributed by atoms with Gasteiger partial charge in [-0.1, -0.05) is 12.1 Å². The molecule has 0 aliphatic heterocycles. The van der Waals surface area contributed by atoms with Crippen LogP contribution in [0.3, 0.4) is 0 Å². The Kier molecular flexibility index (Phi) is 9.48. The van der Waals surface area contributed by atoms with Crippen molar-refractivity contribution < 1.29 is 41.0 Å². The number of aryl methyl sites for hydroxylation is 2. The summed E-state index contributed by atoms with van der Waals surface area (Å²) in [5, 5.41) is 16.4. The summed E-state index contributed by atoms with van der Waals surface area (Å²) in [5.41, 5.74) is 6.11. The molecular formula is C29H31N5O2SU. The van der Waals surface area contributed by atoms with Gasteiger partial charge in [-0.05, 0) is 55.4 Å². The van der Waals surface area contributed by atoms with Crippen LogP contribution in [0.4, 0.5) is 11.6 Å². The second-order valence-corrected chi connectivity index (χ2v) is 10.7. The molecule has 0 spiro atoms. The number of rotatable bonds is 11. The van der Waals surface area contributed by atoms with Gasteiger partial charge in [-0.15, -0.1) is 10.9 Å². The van der Waals surface area contributed by atoms with Gasteiger partial charge >= 0.3 is 31.1 Å². The number of benzene rings is 1. The molecule has 7 nitrogen and oxygen atoms in total. The Balaban J connectivity index is 0.00000336. The maximum Gasteiger partial charge on any atom is 2.00 e. The largest absolute Gasteiger partial charge is 2.00 e. The average Bonchev–Trinajstić information content (AvgIpc) is 3.38. The number of aliphatic hydroxyl groups is 1. The minimum atomic E-state index is 0. The minimum Gasteiger partial charge on any atom is -0.394 e. The van der Waals surface area contributed by atoms with Crippen LogP contribution in [0.25, 0.3) is 11.3 Å². The van der Waals surface area contributed by atoms with E-state index in [0.29, 0.717) is 24.8 Å². The van der Waals surface area contributed by atoms with E-state index in [2.05, 4.69) is 59.4 Å². The van der Waals surface area contributed by atoms with E-state index >= 15 is 0 Å². The molecule has 1 fully saturated rings. The van der Waals surface area contributed by atoms with Crippen LogP contribution in [-0.4, -0.2) is 37.2 Å². The maximum absolute atomic E-state index is 12.9. The zero-order valence-electron chi connectivity index (χ0n) is 21.5. The van der Waals surface area contributed by atoms with Gasteiger partial charge in [0.05, 0.1) is 30.7 Å². The topological polar surface area (TPSA) is 92.9 Å². The van der Waals surface area contributed by atoms with Crippen LogP contribution < -0.4 is 5.32 Å². The van der Waals surface area contributed by atoms with Crippen molar-refractivity contribution in [3.63, 3.8) is 0 Å². The number of aromatic nitrogens is 4. The number of Topliss-reactive ketones (excluding diaryl/α,β-unsaturated/α-hetero) is 1. The third-order valence-corrected chi connectivity index (χ3v) is 8.17. The van der Waals surface area contributed by atoms with E-state index < -0.39 is 0 Å². The van der Waals surface area contributed by atoms with Gasteiger partial charge in [0.25, 0.3) is 0 Å². The predicted molar refractivity (Wildman–Crippen MR) is 147 cm³/mol. The van der Waals surface area contributed by atoms with Crippen LogP contribution in [0.15, 0.2) is 48.9 Å². The van der Waals surface area contributed by atoms with Gasteiger partial charge in [0.1, 0.15) is 0 Å². The van der Waals surface area contributed by atoms with Crippen LogP contribution in [0.5, 0.6) is 0 Å². The van der Waals surface area contributed by atoms with Gasteiger partial charge < -0.3 is 17.3 Å². The molecule has 194 valence electrons. The third-order valence-electron chi connectivity index (χ3n) is 6.92. The summed E-state index contributed by atoms with van der Waals surface area (Å²) in [6, 6.07) is 10.3. The molecule has 1 aliphatic rings. The summed E-state index contributed by atoms with van der Waals surface area (Å²) < 4.78 is 1.66. The fourth-order valence-corrected chi connectivity index (χ4v) is 5.72. The second kappa shape index (κ2) is 12.6. The number of thiophene rings is 1. The van der Waals surface area contributed by atoms with Gasteiger partial charge in [0.2, 0.25) is 5.95 Å². The molecule has 5 rings (SSSR count). The van der Waals surface area contributed by atoms with Crippen LogP contribution in [0.1, 0.15) is 44.1 Å². The Bertz CT molecular complexity index is 1420. The van der Waals surface area contributed by atoms with Gasteiger partial charge in [0, 0.05) is 28.8 Å². The number of nitrogens with one attached hydrogen (secondary N) is 1. The first-order chi connectivity index (χ1) is 17.9. The molecule has 3 heterocycles. The normalized spacial score (nSPS) is 16.2. The van der Waals surface area contributed by atoms with Crippen molar-refractivity contribution in [1.29, 1.82) is 0 Å². The predicted octanol–water partition coefficient (Wildman–Crippen LogP) is 5.46. The number of hydrogen-bond acceptors (Lipinski definition) is 7. The zero-order valence-corrected chi connectivity index (χ0v) is 26.5. The van der Waals surface area contributed by atoms with E-state index in [1.54, 1.807) is 28.4 Å². The first-order valence-electron chi connectivity index (χ1n) is 12.6. The van der Waals surface area contributed by atoms with Crippen molar-refractivity contribution in [2.75, 3.05) is 11.9 Å². The molecule has 0 radical (unpaired) electrons. The third kappa shape index (κ3) is 6.58. The summed E-state index contributed by atoms with van der Waals surface area (Å²) in [7, 11) is 0. The molecule has 1 saturated carbocycles. The molecule has 2 atom stereocenters. The Labute approximate surface area is 251 Å². The molecule has 1 aliphatic carbocycles. The molecule has 0 amide bonds. The van der Waals surface area contributed by atoms with Gasteiger partial charge in [-0.25, -0.2) is 21.3 Å². The SMILES string of the molecule is [CH2-]Cc1sc(C(=O)C2C[C@@H]2CCc2ccc(-c3ccnc(Nc4cnn(CCO)c4)n3)cc2C)cc1[CH2-].[U+2]. The van der Waals surface area contributed by atoms with E-state index in [-0.39, 0.29) is 49.4 Å². The van der Waals surface area contributed by atoms with Crippen LogP contribution >= 0.6 is 11.3 Å². The van der Waals surface area contributed by atoms with Crippen LogP contribution in [0.2, 0.25) is 0 Å².